The molecule has 0 radical (unpaired) electrons. The monoisotopic (exact) mass is 388 g/mol. The molecule has 0 saturated heterocycles. The third kappa shape index (κ3) is 4.52. The fraction of sp³-hybridized carbons (Fsp3) is 0.300. The average molecular weight is 389 g/mol. The number of hydrogen-bond acceptors (Lipinski definition) is 4. The van der Waals surface area contributed by atoms with Crippen molar-refractivity contribution in [2.24, 2.45) is 0 Å². The largest absolute Gasteiger partial charge is 0.496 e. The molecule has 0 bridgehead atoms. The van der Waals surface area contributed by atoms with Crippen molar-refractivity contribution in [1.82, 2.24) is 10.6 Å². The molecule has 0 aliphatic carbocycles. The zero-order valence-electron chi connectivity index (χ0n) is 15.0. The SMILES string of the molecule is COc1ccccc1C(=O)NCC(=O)NC1CCCOc2c(Cl)cccc21. The molecule has 2 aromatic carbocycles. The van der Waals surface area contributed by atoms with Gasteiger partial charge in [0.05, 0.1) is 36.9 Å². The molecule has 2 N–H and O–H groups in total. The number of methoxy groups -OCH3 is 1. The van der Waals surface area contributed by atoms with Crippen molar-refractivity contribution in [1.29, 1.82) is 0 Å². The molecule has 0 saturated carbocycles. The summed E-state index contributed by atoms with van der Waals surface area (Å²) in [5.74, 6) is 0.422. The van der Waals surface area contributed by atoms with Crippen LogP contribution in [0.2, 0.25) is 5.02 Å². The number of hydrogen-bond donors (Lipinski definition) is 2. The third-order valence-corrected chi connectivity index (χ3v) is 4.65. The highest BCUT2D eigenvalue weighted by Gasteiger charge is 2.23. The van der Waals surface area contributed by atoms with E-state index in [1.165, 1.54) is 7.11 Å². The molecule has 2 amide bonds. The maximum Gasteiger partial charge on any atom is 0.255 e. The van der Waals surface area contributed by atoms with E-state index in [1.54, 1.807) is 30.3 Å². The first-order valence-corrected chi connectivity index (χ1v) is 9.09. The molecule has 3 rings (SSSR count). The molecule has 142 valence electrons. The van der Waals surface area contributed by atoms with Crippen molar-refractivity contribution >= 4 is 23.4 Å². The first-order chi connectivity index (χ1) is 13.1. The number of amides is 2. The summed E-state index contributed by atoms with van der Waals surface area (Å²) in [7, 11) is 1.50. The summed E-state index contributed by atoms with van der Waals surface area (Å²) in [4.78, 5) is 24.7. The minimum Gasteiger partial charge on any atom is -0.496 e. The van der Waals surface area contributed by atoms with E-state index in [1.807, 2.05) is 12.1 Å². The van der Waals surface area contributed by atoms with E-state index in [9.17, 15) is 9.59 Å². The van der Waals surface area contributed by atoms with Crippen LogP contribution in [-0.4, -0.2) is 32.1 Å². The highest BCUT2D eigenvalue weighted by molar-refractivity contribution is 6.32. The summed E-state index contributed by atoms with van der Waals surface area (Å²) >= 11 is 6.21. The van der Waals surface area contributed by atoms with Crippen LogP contribution in [0.4, 0.5) is 0 Å². The van der Waals surface area contributed by atoms with E-state index in [-0.39, 0.29) is 24.4 Å². The molecule has 1 aliphatic heterocycles. The molecule has 1 heterocycles. The zero-order valence-corrected chi connectivity index (χ0v) is 15.7. The van der Waals surface area contributed by atoms with Crippen LogP contribution < -0.4 is 20.1 Å². The number of rotatable bonds is 5. The molecular formula is C20H21ClN2O4. The van der Waals surface area contributed by atoms with Crippen LogP contribution in [0, 0.1) is 0 Å². The van der Waals surface area contributed by atoms with Gasteiger partial charge >= 0.3 is 0 Å². The Hall–Kier alpha value is -2.73. The second-order valence-corrected chi connectivity index (χ2v) is 6.56. The lowest BCUT2D eigenvalue weighted by molar-refractivity contribution is -0.120. The van der Waals surface area contributed by atoms with E-state index in [4.69, 9.17) is 21.1 Å². The zero-order chi connectivity index (χ0) is 19.2. The van der Waals surface area contributed by atoms with Crippen LogP contribution >= 0.6 is 11.6 Å². The number of ether oxygens (including phenoxy) is 2. The summed E-state index contributed by atoms with van der Waals surface area (Å²) in [6.07, 6.45) is 1.53. The molecule has 1 atom stereocenters. The van der Waals surface area contributed by atoms with Gasteiger partial charge in [0, 0.05) is 5.56 Å². The fourth-order valence-corrected chi connectivity index (χ4v) is 3.29. The van der Waals surface area contributed by atoms with Crippen LogP contribution in [0.5, 0.6) is 11.5 Å². The Balaban J connectivity index is 1.63. The Kier molecular flexibility index (Phi) is 6.19. The summed E-state index contributed by atoms with van der Waals surface area (Å²) in [6.45, 7) is 0.414. The Morgan fingerprint density at radius 1 is 1.22 bits per heavy atom. The fourth-order valence-electron chi connectivity index (χ4n) is 3.05. The highest BCUT2D eigenvalue weighted by atomic mass is 35.5. The van der Waals surface area contributed by atoms with Crippen molar-refractivity contribution in [2.75, 3.05) is 20.3 Å². The van der Waals surface area contributed by atoms with Crippen molar-refractivity contribution in [2.45, 2.75) is 18.9 Å². The second kappa shape index (κ2) is 8.77. The topological polar surface area (TPSA) is 76.7 Å². The van der Waals surface area contributed by atoms with Crippen molar-refractivity contribution in [3.63, 3.8) is 0 Å². The van der Waals surface area contributed by atoms with E-state index < -0.39 is 0 Å². The lowest BCUT2D eigenvalue weighted by atomic mass is 10.0. The minimum atomic E-state index is -0.366. The lowest BCUT2D eigenvalue weighted by Gasteiger charge is -2.19. The molecule has 27 heavy (non-hydrogen) atoms. The van der Waals surface area contributed by atoms with Gasteiger partial charge in [-0.15, -0.1) is 0 Å². The molecule has 0 aromatic heterocycles. The van der Waals surface area contributed by atoms with Gasteiger partial charge in [-0.1, -0.05) is 35.9 Å². The lowest BCUT2D eigenvalue weighted by Crippen LogP contribution is -2.38. The maximum absolute atomic E-state index is 12.4. The number of carbonyl (C=O) groups excluding carboxylic acids is 2. The molecule has 0 spiro atoms. The van der Waals surface area contributed by atoms with E-state index in [0.717, 1.165) is 18.4 Å². The molecule has 6 nitrogen and oxygen atoms in total. The molecule has 2 aromatic rings. The van der Waals surface area contributed by atoms with Gasteiger partial charge in [0.1, 0.15) is 11.5 Å². The molecule has 1 aliphatic rings. The Bertz CT molecular complexity index is 840. The normalized spacial score (nSPS) is 15.7. The van der Waals surface area contributed by atoms with Crippen LogP contribution in [0.1, 0.15) is 34.8 Å². The predicted molar refractivity (Wildman–Crippen MR) is 102 cm³/mol. The minimum absolute atomic E-state index is 0.135. The van der Waals surface area contributed by atoms with Gasteiger partial charge in [-0.05, 0) is 31.0 Å². The number of para-hydroxylation sites is 2. The summed E-state index contributed by atoms with van der Waals surface area (Å²) in [6, 6.07) is 12.1. The van der Waals surface area contributed by atoms with Gasteiger partial charge in [-0.25, -0.2) is 0 Å². The van der Waals surface area contributed by atoms with Gasteiger partial charge < -0.3 is 20.1 Å². The third-order valence-electron chi connectivity index (χ3n) is 4.35. The van der Waals surface area contributed by atoms with Crippen LogP contribution in [-0.2, 0) is 4.79 Å². The number of benzene rings is 2. The van der Waals surface area contributed by atoms with Gasteiger partial charge in [0.15, 0.2) is 0 Å². The smallest absolute Gasteiger partial charge is 0.255 e. The predicted octanol–water partition coefficient (Wildman–Crippen LogP) is 3.11. The van der Waals surface area contributed by atoms with Crippen molar-refractivity contribution in [3.05, 3.63) is 58.6 Å². The highest BCUT2D eigenvalue weighted by Crippen LogP contribution is 2.36. The van der Waals surface area contributed by atoms with E-state index in [0.29, 0.717) is 28.7 Å². The molecule has 1 unspecified atom stereocenters. The first-order valence-electron chi connectivity index (χ1n) is 8.72. The Morgan fingerprint density at radius 2 is 2.04 bits per heavy atom. The summed E-state index contributed by atoms with van der Waals surface area (Å²) in [5.41, 5.74) is 1.23. The average Bonchev–Trinajstić information content (AvgIpc) is 2.89. The van der Waals surface area contributed by atoms with Crippen LogP contribution in [0.3, 0.4) is 0 Å². The Morgan fingerprint density at radius 3 is 2.85 bits per heavy atom. The number of halogens is 1. The van der Waals surface area contributed by atoms with Crippen molar-refractivity contribution < 1.29 is 19.1 Å². The first kappa shape index (κ1) is 19.0. The van der Waals surface area contributed by atoms with Gasteiger partial charge in [0.2, 0.25) is 5.91 Å². The van der Waals surface area contributed by atoms with Crippen molar-refractivity contribution in [3.8, 4) is 11.5 Å². The quantitative estimate of drug-likeness (QED) is 0.825. The summed E-state index contributed by atoms with van der Waals surface area (Å²) in [5, 5.41) is 6.11. The van der Waals surface area contributed by atoms with Crippen LogP contribution in [0.25, 0.3) is 0 Å². The van der Waals surface area contributed by atoms with E-state index >= 15 is 0 Å². The van der Waals surface area contributed by atoms with Gasteiger partial charge in [-0.3, -0.25) is 9.59 Å². The number of nitrogens with one attached hydrogen (secondary N) is 2. The molecular weight excluding hydrogens is 368 g/mol. The summed E-state index contributed by atoms with van der Waals surface area (Å²) < 4.78 is 10.9. The standard InChI is InChI=1S/C20H21ClN2O4/c1-26-17-10-3-2-6-14(17)20(25)22-12-18(24)23-16-9-5-11-27-19-13(16)7-4-8-15(19)21/h2-4,6-8,10,16H,5,9,11-12H2,1H3,(H,22,25)(H,23,24). The molecule has 0 fully saturated rings. The van der Waals surface area contributed by atoms with Gasteiger partial charge in [0.25, 0.3) is 5.91 Å². The maximum atomic E-state index is 12.4. The van der Waals surface area contributed by atoms with Gasteiger partial charge in [-0.2, -0.15) is 0 Å². The number of carbonyl (C=O) groups is 2. The number of fused-ring (bicyclic) bond motifs is 1. The molecule has 7 heteroatoms. The Labute approximate surface area is 162 Å². The van der Waals surface area contributed by atoms with E-state index in [2.05, 4.69) is 10.6 Å². The van der Waals surface area contributed by atoms with Crippen LogP contribution in [0.15, 0.2) is 42.5 Å². The second-order valence-electron chi connectivity index (χ2n) is 6.15.